The summed E-state index contributed by atoms with van der Waals surface area (Å²) in [4.78, 5) is 16.5. The Labute approximate surface area is 155 Å². The normalized spacial score (nSPS) is 25.7. The molecule has 26 heavy (non-hydrogen) atoms. The van der Waals surface area contributed by atoms with Crippen LogP contribution in [0.1, 0.15) is 61.4 Å². The number of aromatic carboxylic acids is 1. The van der Waals surface area contributed by atoms with Gasteiger partial charge in [0.15, 0.2) is 0 Å². The van der Waals surface area contributed by atoms with Crippen molar-refractivity contribution in [2.24, 2.45) is 5.92 Å². The molecule has 1 aromatic rings. The minimum absolute atomic E-state index is 0.228. The quantitative estimate of drug-likeness (QED) is 0.486. The number of benzene rings is 1. The number of carboxylic acid groups (broad SMARTS) is 1. The molecule has 0 spiro atoms. The maximum atomic E-state index is 10.9. The van der Waals surface area contributed by atoms with Crippen molar-refractivity contribution in [3.63, 3.8) is 0 Å². The first kappa shape index (κ1) is 18.9. The van der Waals surface area contributed by atoms with Crippen LogP contribution in [0.25, 0.3) is 0 Å². The van der Waals surface area contributed by atoms with Crippen LogP contribution in [0.2, 0.25) is 0 Å². The average molecular weight is 359 g/mol. The van der Waals surface area contributed by atoms with Gasteiger partial charge in [-0.1, -0.05) is 31.9 Å². The summed E-state index contributed by atoms with van der Waals surface area (Å²) < 4.78 is 6.09. The second-order valence-corrected chi connectivity index (χ2v) is 7.21. The van der Waals surface area contributed by atoms with Gasteiger partial charge in [-0.25, -0.2) is 4.79 Å². The number of rotatable bonds is 10. The van der Waals surface area contributed by atoms with Crippen molar-refractivity contribution in [2.75, 3.05) is 6.61 Å². The number of hydroxylamine groups is 1. The lowest BCUT2D eigenvalue weighted by Gasteiger charge is -2.22. The SMILES string of the molecule is CCCCCONC=C1C2CCC(O2)C1CCc1ccc(C(=O)O)cc1. The average Bonchev–Trinajstić information content (AvgIpc) is 3.25. The minimum atomic E-state index is -0.881. The molecule has 1 aromatic carbocycles. The molecule has 0 aromatic heterocycles. The monoisotopic (exact) mass is 359 g/mol. The topological polar surface area (TPSA) is 67.8 Å². The van der Waals surface area contributed by atoms with Gasteiger partial charge in [0.1, 0.15) is 0 Å². The molecule has 2 aliphatic rings. The molecule has 3 rings (SSSR count). The smallest absolute Gasteiger partial charge is 0.335 e. The van der Waals surface area contributed by atoms with Crippen LogP contribution in [-0.2, 0) is 16.0 Å². The van der Waals surface area contributed by atoms with Gasteiger partial charge in [-0.15, -0.1) is 0 Å². The molecule has 3 atom stereocenters. The lowest BCUT2D eigenvalue weighted by Crippen LogP contribution is -2.22. The molecule has 2 N–H and O–H groups in total. The summed E-state index contributed by atoms with van der Waals surface area (Å²) in [6, 6.07) is 7.18. The maximum absolute atomic E-state index is 10.9. The van der Waals surface area contributed by atoms with E-state index in [2.05, 4.69) is 12.4 Å². The third kappa shape index (κ3) is 4.65. The van der Waals surface area contributed by atoms with Gasteiger partial charge in [0.2, 0.25) is 0 Å². The number of hydrogen-bond donors (Lipinski definition) is 2. The third-order valence-electron chi connectivity index (χ3n) is 5.40. The molecular formula is C21H29NO4. The van der Waals surface area contributed by atoms with Crippen LogP contribution in [0.5, 0.6) is 0 Å². The van der Waals surface area contributed by atoms with E-state index >= 15 is 0 Å². The van der Waals surface area contributed by atoms with Gasteiger partial charge in [-0.3, -0.25) is 10.3 Å². The molecule has 2 fully saturated rings. The molecule has 2 bridgehead atoms. The van der Waals surface area contributed by atoms with E-state index in [0.29, 0.717) is 17.6 Å². The van der Waals surface area contributed by atoms with E-state index in [-0.39, 0.29) is 6.10 Å². The van der Waals surface area contributed by atoms with Crippen molar-refractivity contribution in [1.82, 2.24) is 5.48 Å². The summed E-state index contributed by atoms with van der Waals surface area (Å²) in [5.74, 6) is -0.465. The number of ether oxygens (including phenoxy) is 1. The second-order valence-electron chi connectivity index (χ2n) is 7.21. The summed E-state index contributed by atoms with van der Waals surface area (Å²) in [7, 11) is 0. The van der Waals surface area contributed by atoms with Crippen molar-refractivity contribution >= 4 is 5.97 Å². The van der Waals surface area contributed by atoms with E-state index in [4.69, 9.17) is 14.7 Å². The highest BCUT2D eigenvalue weighted by molar-refractivity contribution is 5.87. The zero-order chi connectivity index (χ0) is 18.4. The number of aryl methyl sites for hydroxylation is 1. The summed E-state index contributed by atoms with van der Waals surface area (Å²) in [5, 5.41) is 8.99. The molecule has 2 heterocycles. The Morgan fingerprint density at radius 1 is 1.31 bits per heavy atom. The van der Waals surface area contributed by atoms with Crippen LogP contribution in [0, 0.1) is 5.92 Å². The van der Waals surface area contributed by atoms with Crippen LogP contribution in [0.15, 0.2) is 36.0 Å². The van der Waals surface area contributed by atoms with Gasteiger partial charge >= 0.3 is 5.97 Å². The third-order valence-corrected chi connectivity index (χ3v) is 5.40. The van der Waals surface area contributed by atoms with Crippen molar-refractivity contribution in [3.05, 3.63) is 47.2 Å². The minimum Gasteiger partial charge on any atom is -0.478 e. The van der Waals surface area contributed by atoms with E-state index < -0.39 is 5.97 Å². The van der Waals surface area contributed by atoms with Gasteiger partial charge in [0, 0.05) is 12.1 Å². The largest absolute Gasteiger partial charge is 0.478 e. The molecule has 5 nitrogen and oxygen atoms in total. The molecular weight excluding hydrogens is 330 g/mol. The fraction of sp³-hybridized carbons (Fsp3) is 0.571. The van der Waals surface area contributed by atoms with E-state index in [0.717, 1.165) is 38.7 Å². The lowest BCUT2D eigenvalue weighted by molar-refractivity contribution is 0.0666. The Hall–Kier alpha value is -1.85. The van der Waals surface area contributed by atoms with E-state index in [9.17, 15) is 4.79 Å². The maximum Gasteiger partial charge on any atom is 0.335 e. The van der Waals surface area contributed by atoms with Crippen LogP contribution in [-0.4, -0.2) is 29.9 Å². The molecule has 142 valence electrons. The van der Waals surface area contributed by atoms with Crippen molar-refractivity contribution < 1.29 is 19.5 Å². The summed E-state index contributed by atoms with van der Waals surface area (Å²) in [6.07, 6.45) is 10.2. The van der Waals surface area contributed by atoms with Crippen molar-refractivity contribution in [2.45, 2.75) is 64.1 Å². The molecule has 3 unspecified atom stereocenters. The molecule has 2 saturated heterocycles. The molecule has 0 amide bonds. The standard InChI is InChI=1S/C21H29NO4/c1-2-3-4-13-25-22-14-18-17(19-11-12-20(18)26-19)10-7-15-5-8-16(9-6-15)21(23)24/h5-6,8-9,14,17,19-20,22H,2-4,7,10-13H2,1H3,(H,23,24). The zero-order valence-electron chi connectivity index (χ0n) is 15.4. The van der Waals surface area contributed by atoms with Crippen LogP contribution < -0.4 is 5.48 Å². The molecule has 0 radical (unpaired) electrons. The highest BCUT2D eigenvalue weighted by Crippen LogP contribution is 2.44. The first-order chi connectivity index (χ1) is 12.7. The number of fused-ring (bicyclic) bond motifs is 2. The first-order valence-corrected chi connectivity index (χ1v) is 9.74. The Morgan fingerprint density at radius 3 is 2.85 bits per heavy atom. The predicted octanol–water partition coefficient (Wildman–Crippen LogP) is 4.09. The number of carboxylic acids is 1. The molecule has 5 heteroatoms. The van der Waals surface area contributed by atoms with Gasteiger partial charge in [-0.2, -0.15) is 0 Å². The first-order valence-electron chi connectivity index (χ1n) is 9.74. The van der Waals surface area contributed by atoms with E-state index in [1.807, 2.05) is 18.3 Å². The molecule has 2 aliphatic heterocycles. The summed E-state index contributed by atoms with van der Waals surface area (Å²) >= 11 is 0. The van der Waals surface area contributed by atoms with Crippen LogP contribution >= 0.6 is 0 Å². The fourth-order valence-electron chi connectivity index (χ4n) is 3.94. The highest BCUT2D eigenvalue weighted by Gasteiger charge is 2.44. The second kappa shape index (κ2) is 9.19. The highest BCUT2D eigenvalue weighted by atomic mass is 16.6. The summed E-state index contributed by atoms with van der Waals surface area (Å²) in [5.41, 5.74) is 5.83. The van der Waals surface area contributed by atoms with Gasteiger partial charge in [0.05, 0.1) is 24.4 Å². The van der Waals surface area contributed by atoms with Crippen LogP contribution in [0.4, 0.5) is 0 Å². The van der Waals surface area contributed by atoms with Crippen molar-refractivity contribution in [3.8, 4) is 0 Å². The Bertz CT molecular complexity index is 625. The lowest BCUT2D eigenvalue weighted by atomic mass is 9.81. The van der Waals surface area contributed by atoms with Crippen molar-refractivity contribution in [1.29, 1.82) is 0 Å². The van der Waals surface area contributed by atoms with Gasteiger partial charge in [0.25, 0.3) is 0 Å². The predicted molar refractivity (Wildman–Crippen MR) is 99.8 cm³/mol. The Kier molecular flexibility index (Phi) is 6.69. The van der Waals surface area contributed by atoms with Gasteiger partial charge in [-0.05, 0) is 55.4 Å². The number of nitrogens with one attached hydrogen (secondary N) is 1. The van der Waals surface area contributed by atoms with E-state index in [1.54, 1.807) is 12.1 Å². The number of hydrogen-bond acceptors (Lipinski definition) is 4. The molecule has 0 aliphatic carbocycles. The van der Waals surface area contributed by atoms with Gasteiger partial charge < -0.3 is 9.84 Å². The fourth-order valence-corrected chi connectivity index (χ4v) is 3.94. The zero-order valence-corrected chi connectivity index (χ0v) is 15.4. The molecule has 0 saturated carbocycles. The summed E-state index contributed by atoms with van der Waals surface area (Å²) in [6.45, 7) is 2.91. The van der Waals surface area contributed by atoms with E-state index in [1.165, 1.54) is 24.0 Å². The van der Waals surface area contributed by atoms with Crippen LogP contribution in [0.3, 0.4) is 0 Å². The number of carbonyl (C=O) groups is 1. The number of unbranched alkanes of at least 4 members (excludes halogenated alkanes) is 2. The Morgan fingerprint density at radius 2 is 2.12 bits per heavy atom. The Balaban J connectivity index is 1.52.